The zero-order valence-electron chi connectivity index (χ0n) is 13.3. The molecule has 2 aromatic rings. The van der Waals surface area contributed by atoms with E-state index in [2.05, 4.69) is 24.1 Å². The van der Waals surface area contributed by atoms with Crippen LogP contribution >= 0.6 is 0 Å². The Morgan fingerprint density at radius 3 is 2.68 bits per heavy atom. The van der Waals surface area contributed by atoms with Crippen molar-refractivity contribution in [2.24, 2.45) is 5.41 Å². The summed E-state index contributed by atoms with van der Waals surface area (Å²) in [7, 11) is 0. The lowest BCUT2D eigenvalue weighted by molar-refractivity contribution is 0.0909. The molecule has 0 saturated heterocycles. The SMILES string of the molecule is CCC(CC)(CCO)CNC(=O)c1cccc2ncccc12. The molecule has 0 aliphatic heterocycles. The number of carbonyl (C=O) groups is 1. The van der Waals surface area contributed by atoms with Crippen LogP contribution in [0.2, 0.25) is 0 Å². The van der Waals surface area contributed by atoms with Gasteiger partial charge in [-0.2, -0.15) is 0 Å². The standard InChI is InChI=1S/C18H24N2O2/c1-3-18(4-2,10-12-21)13-20-17(22)15-7-5-9-16-14(15)8-6-11-19-16/h5-9,11,21H,3-4,10,12-13H2,1-2H3,(H,20,22). The van der Waals surface area contributed by atoms with E-state index < -0.39 is 0 Å². The van der Waals surface area contributed by atoms with Gasteiger partial charge in [-0.25, -0.2) is 0 Å². The molecule has 0 atom stereocenters. The summed E-state index contributed by atoms with van der Waals surface area (Å²) < 4.78 is 0. The highest BCUT2D eigenvalue weighted by atomic mass is 16.3. The molecule has 0 unspecified atom stereocenters. The minimum atomic E-state index is -0.0807. The molecule has 0 radical (unpaired) electrons. The topological polar surface area (TPSA) is 62.2 Å². The number of amides is 1. The van der Waals surface area contributed by atoms with Gasteiger partial charge < -0.3 is 10.4 Å². The Bertz CT molecular complexity index is 631. The molecule has 4 heteroatoms. The van der Waals surface area contributed by atoms with Gasteiger partial charge in [0.2, 0.25) is 0 Å². The molecule has 0 aliphatic carbocycles. The van der Waals surface area contributed by atoms with Crippen molar-refractivity contribution in [1.29, 1.82) is 0 Å². The van der Waals surface area contributed by atoms with Crippen molar-refractivity contribution in [1.82, 2.24) is 10.3 Å². The number of fused-ring (bicyclic) bond motifs is 1. The van der Waals surface area contributed by atoms with E-state index in [1.165, 1.54) is 0 Å². The highest BCUT2D eigenvalue weighted by Crippen LogP contribution is 2.29. The average Bonchev–Trinajstić information content (AvgIpc) is 2.58. The smallest absolute Gasteiger partial charge is 0.251 e. The molecular formula is C18H24N2O2. The first kappa shape index (κ1) is 16.4. The monoisotopic (exact) mass is 300 g/mol. The normalized spacial score (nSPS) is 11.6. The molecule has 1 amide bonds. The fourth-order valence-corrected chi connectivity index (χ4v) is 2.84. The number of nitrogens with one attached hydrogen (secondary N) is 1. The molecule has 118 valence electrons. The van der Waals surface area contributed by atoms with Gasteiger partial charge in [0.25, 0.3) is 5.91 Å². The fraction of sp³-hybridized carbons (Fsp3) is 0.444. The Labute approximate surface area is 131 Å². The maximum atomic E-state index is 12.5. The van der Waals surface area contributed by atoms with Crippen LogP contribution in [0.5, 0.6) is 0 Å². The van der Waals surface area contributed by atoms with E-state index in [4.69, 9.17) is 0 Å². The summed E-state index contributed by atoms with van der Waals surface area (Å²) in [5.41, 5.74) is 1.44. The summed E-state index contributed by atoms with van der Waals surface area (Å²) in [6.45, 7) is 4.94. The Balaban J connectivity index is 2.17. The van der Waals surface area contributed by atoms with Gasteiger partial charge in [0.15, 0.2) is 0 Å². The van der Waals surface area contributed by atoms with Crippen molar-refractivity contribution in [3.8, 4) is 0 Å². The van der Waals surface area contributed by atoms with Gasteiger partial charge in [0.05, 0.1) is 5.52 Å². The number of aromatic nitrogens is 1. The molecule has 0 aliphatic rings. The second-order valence-electron chi connectivity index (χ2n) is 5.74. The van der Waals surface area contributed by atoms with E-state index >= 15 is 0 Å². The number of nitrogens with zero attached hydrogens (tertiary/aromatic N) is 1. The lowest BCUT2D eigenvalue weighted by Crippen LogP contribution is -2.37. The molecule has 2 N–H and O–H groups in total. The van der Waals surface area contributed by atoms with Gasteiger partial charge in [-0.15, -0.1) is 0 Å². The van der Waals surface area contributed by atoms with Crippen molar-refractivity contribution in [3.05, 3.63) is 42.1 Å². The van der Waals surface area contributed by atoms with Crippen molar-refractivity contribution in [2.45, 2.75) is 33.1 Å². The molecular weight excluding hydrogens is 276 g/mol. The number of carbonyl (C=O) groups excluding carboxylic acids is 1. The van der Waals surface area contributed by atoms with Crippen molar-refractivity contribution >= 4 is 16.8 Å². The Hall–Kier alpha value is -1.94. The summed E-state index contributed by atoms with van der Waals surface area (Å²) in [4.78, 5) is 16.8. The van der Waals surface area contributed by atoms with Crippen LogP contribution in [0, 0.1) is 5.41 Å². The number of hydrogen-bond donors (Lipinski definition) is 2. The second-order valence-corrected chi connectivity index (χ2v) is 5.74. The number of aliphatic hydroxyl groups is 1. The molecule has 4 nitrogen and oxygen atoms in total. The number of rotatable bonds is 7. The first-order valence-corrected chi connectivity index (χ1v) is 7.88. The predicted molar refractivity (Wildman–Crippen MR) is 88.8 cm³/mol. The fourth-order valence-electron chi connectivity index (χ4n) is 2.84. The van der Waals surface area contributed by atoms with E-state index in [1.54, 1.807) is 6.20 Å². The van der Waals surface area contributed by atoms with Crippen LogP contribution in [0.25, 0.3) is 10.9 Å². The lowest BCUT2D eigenvalue weighted by atomic mass is 9.79. The van der Waals surface area contributed by atoms with Gasteiger partial charge in [0, 0.05) is 30.3 Å². The molecule has 2 rings (SSSR count). The van der Waals surface area contributed by atoms with Crippen LogP contribution in [0.1, 0.15) is 43.5 Å². The third kappa shape index (κ3) is 3.45. The number of hydrogen-bond acceptors (Lipinski definition) is 3. The predicted octanol–water partition coefficient (Wildman–Crippen LogP) is 3.15. The van der Waals surface area contributed by atoms with Crippen LogP contribution in [0.15, 0.2) is 36.5 Å². The van der Waals surface area contributed by atoms with E-state index in [0.717, 1.165) is 23.7 Å². The van der Waals surface area contributed by atoms with Crippen LogP contribution < -0.4 is 5.32 Å². The zero-order chi connectivity index (χ0) is 16.0. The zero-order valence-corrected chi connectivity index (χ0v) is 13.3. The largest absolute Gasteiger partial charge is 0.396 e. The van der Waals surface area contributed by atoms with Gasteiger partial charge in [-0.05, 0) is 42.9 Å². The second kappa shape index (κ2) is 7.36. The summed E-state index contributed by atoms with van der Waals surface area (Å²) in [6.07, 6.45) is 4.30. The quantitative estimate of drug-likeness (QED) is 0.825. The van der Waals surface area contributed by atoms with Gasteiger partial charge in [-0.3, -0.25) is 9.78 Å². The molecule has 1 heterocycles. The highest BCUT2D eigenvalue weighted by molar-refractivity contribution is 6.06. The first-order chi connectivity index (χ1) is 10.7. The van der Waals surface area contributed by atoms with Crippen LogP contribution in [0.4, 0.5) is 0 Å². The molecule has 1 aromatic heterocycles. The minimum absolute atomic E-state index is 0.0345. The maximum Gasteiger partial charge on any atom is 0.251 e. The minimum Gasteiger partial charge on any atom is -0.396 e. The Kier molecular flexibility index (Phi) is 5.50. The third-order valence-electron chi connectivity index (χ3n) is 4.66. The van der Waals surface area contributed by atoms with E-state index in [9.17, 15) is 9.90 Å². The number of benzene rings is 1. The molecule has 0 spiro atoms. The molecule has 1 aromatic carbocycles. The van der Waals surface area contributed by atoms with Crippen molar-refractivity contribution < 1.29 is 9.90 Å². The summed E-state index contributed by atoms with van der Waals surface area (Å²) in [6, 6.07) is 9.33. The van der Waals surface area contributed by atoms with Gasteiger partial charge in [0.1, 0.15) is 0 Å². The van der Waals surface area contributed by atoms with Crippen molar-refractivity contribution in [2.75, 3.05) is 13.2 Å². The molecule has 0 bridgehead atoms. The highest BCUT2D eigenvalue weighted by Gasteiger charge is 2.26. The van der Waals surface area contributed by atoms with Gasteiger partial charge in [-0.1, -0.05) is 26.0 Å². The summed E-state index contributed by atoms with van der Waals surface area (Å²) in [5, 5.41) is 13.2. The molecule has 22 heavy (non-hydrogen) atoms. The Morgan fingerprint density at radius 1 is 1.23 bits per heavy atom. The molecule has 0 fully saturated rings. The van der Waals surface area contributed by atoms with E-state index in [-0.39, 0.29) is 17.9 Å². The summed E-state index contributed by atoms with van der Waals surface area (Å²) >= 11 is 0. The Morgan fingerprint density at radius 2 is 2.00 bits per heavy atom. The third-order valence-corrected chi connectivity index (χ3v) is 4.66. The van der Waals surface area contributed by atoms with E-state index in [0.29, 0.717) is 18.5 Å². The van der Waals surface area contributed by atoms with E-state index in [1.807, 2.05) is 30.3 Å². The number of aliphatic hydroxyl groups excluding tert-OH is 1. The number of pyridine rings is 1. The lowest BCUT2D eigenvalue weighted by Gasteiger charge is -2.31. The van der Waals surface area contributed by atoms with Crippen LogP contribution in [-0.2, 0) is 0 Å². The molecule has 0 saturated carbocycles. The van der Waals surface area contributed by atoms with Gasteiger partial charge >= 0.3 is 0 Å². The first-order valence-electron chi connectivity index (χ1n) is 7.88. The summed E-state index contributed by atoms with van der Waals surface area (Å²) in [5.74, 6) is -0.0807. The van der Waals surface area contributed by atoms with Crippen molar-refractivity contribution in [3.63, 3.8) is 0 Å². The van der Waals surface area contributed by atoms with Crippen LogP contribution in [0.3, 0.4) is 0 Å². The maximum absolute atomic E-state index is 12.5. The average molecular weight is 300 g/mol. The van der Waals surface area contributed by atoms with Crippen LogP contribution in [-0.4, -0.2) is 29.1 Å².